The van der Waals surface area contributed by atoms with E-state index in [1.807, 2.05) is 36.4 Å². The van der Waals surface area contributed by atoms with Crippen LogP contribution >= 0.6 is 0 Å². The summed E-state index contributed by atoms with van der Waals surface area (Å²) in [5, 5.41) is 10.9. The summed E-state index contributed by atoms with van der Waals surface area (Å²) in [5.74, 6) is 0. The van der Waals surface area contributed by atoms with Crippen molar-refractivity contribution >= 4 is 17.8 Å². The van der Waals surface area contributed by atoms with Gasteiger partial charge in [-0.2, -0.15) is 0 Å². The van der Waals surface area contributed by atoms with Crippen LogP contribution in [-0.4, -0.2) is 16.5 Å². The number of hydrogen-bond acceptors (Lipinski definition) is 4. The molecule has 0 aliphatic rings. The number of nitro benzene ring substituents is 1. The maximum Gasteiger partial charge on any atom is 0.270 e. The highest BCUT2D eigenvalue weighted by Crippen LogP contribution is 2.15. The Balaban J connectivity index is 1.43. The van der Waals surface area contributed by atoms with Crippen LogP contribution in [0.4, 0.5) is 5.69 Å². The lowest BCUT2D eigenvalue weighted by Crippen LogP contribution is -1.99. The van der Waals surface area contributed by atoms with Crippen molar-refractivity contribution in [1.82, 2.24) is 4.98 Å². The number of nitrogens with zero attached hydrogens (tertiary/aromatic N) is 2. The number of pyridine rings is 1. The van der Waals surface area contributed by atoms with Crippen molar-refractivity contribution in [2.75, 3.05) is 6.61 Å². The number of nitro groups is 1. The molecular formula is C25H26N2O3. The number of non-ortho nitro benzene ring substituents is 1. The number of aromatic nitrogens is 1. The monoisotopic (exact) mass is 402 g/mol. The summed E-state index contributed by atoms with van der Waals surface area (Å²) in [6.07, 6.45) is 6.86. The average Bonchev–Trinajstić information content (AvgIpc) is 2.76. The van der Waals surface area contributed by atoms with Gasteiger partial charge >= 0.3 is 0 Å². The quantitative estimate of drug-likeness (QED) is 0.237. The Bertz CT molecular complexity index is 997. The van der Waals surface area contributed by atoms with Crippen molar-refractivity contribution in [1.29, 1.82) is 0 Å². The topological polar surface area (TPSA) is 65.3 Å². The van der Waals surface area contributed by atoms with Crippen LogP contribution < -0.4 is 0 Å². The van der Waals surface area contributed by atoms with Gasteiger partial charge in [0.05, 0.1) is 22.9 Å². The number of unbranched alkanes of at least 4 members (excludes halogenated alkanes) is 1. The van der Waals surface area contributed by atoms with Gasteiger partial charge in [0.15, 0.2) is 0 Å². The lowest BCUT2D eigenvalue weighted by Gasteiger charge is -2.05. The van der Waals surface area contributed by atoms with Crippen LogP contribution in [0.1, 0.15) is 40.9 Å². The molecule has 0 N–H and O–H groups in total. The first kappa shape index (κ1) is 21.4. The van der Waals surface area contributed by atoms with E-state index in [-0.39, 0.29) is 5.69 Å². The summed E-state index contributed by atoms with van der Waals surface area (Å²) >= 11 is 0. The molecule has 0 unspecified atom stereocenters. The summed E-state index contributed by atoms with van der Waals surface area (Å²) in [4.78, 5) is 15.1. The molecule has 0 aliphatic carbocycles. The molecule has 0 aliphatic heterocycles. The van der Waals surface area contributed by atoms with Crippen molar-refractivity contribution < 1.29 is 9.66 Å². The molecule has 0 saturated carbocycles. The predicted octanol–water partition coefficient (Wildman–Crippen LogP) is 6.01. The first-order valence-electron chi connectivity index (χ1n) is 10.1. The van der Waals surface area contributed by atoms with Gasteiger partial charge in [-0.25, -0.2) is 0 Å². The van der Waals surface area contributed by atoms with E-state index < -0.39 is 4.92 Å². The zero-order valence-corrected chi connectivity index (χ0v) is 17.2. The smallest absolute Gasteiger partial charge is 0.270 e. The minimum atomic E-state index is -0.395. The molecule has 30 heavy (non-hydrogen) atoms. The van der Waals surface area contributed by atoms with Gasteiger partial charge in [0.2, 0.25) is 0 Å². The first-order chi connectivity index (χ1) is 14.6. The summed E-state index contributed by atoms with van der Waals surface area (Å²) in [5.41, 5.74) is 5.16. The van der Waals surface area contributed by atoms with Crippen LogP contribution in [0.2, 0.25) is 0 Å². The van der Waals surface area contributed by atoms with Gasteiger partial charge in [0, 0.05) is 18.7 Å². The van der Waals surface area contributed by atoms with Gasteiger partial charge in [0.1, 0.15) is 0 Å². The van der Waals surface area contributed by atoms with Crippen LogP contribution in [-0.2, 0) is 17.8 Å². The van der Waals surface area contributed by atoms with E-state index in [1.54, 1.807) is 12.1 Å². The molecular weight excluding hydrogens is 376 g/mol. The van der Waals surface area contributed by atoms with E-state index in [9.17, 15) is 10.1 Å². The molecule has 154 valence electrons. The second kappa shape index (κ2) is 11.0. The van der Waals surface area contributed by atoms with Gasteiger partial charge in [-0.05, 0) is 55.5 Å². The Morgan fingerprint density at radius 2 is 1.80 bits per heavy atom. The van der Waals surface area contributed by atoms with Gasteiger partial charge in [-0.1, -0.05) is 54.1 Å². The Hall–Kier alpha value is -3.31. The average molecular weight is 402 g/mol. The fraction of sp³-hybridized carbons (Fsp3) is 0.240. The van der Waals surface area contributed by atoms with Crippen LogP contribution in [0, 0.1) is 17.0 Å². The molecule has 0 amide bonds. The Kier molecular flexibility index (Phi) is 7.86. The second-order valence-electron chi connectivity index (χ2n) is 7.23. The summed E-state index contributed by atoms with van der Waals surface area (Å²) in [6.45, 7) is 3.29. The van der Waals surface area contributed by atoms with Crippen molar-refractivity contribution in [2.45, 2.75) is 32.8 Å². The molecule has 0 atom stereocenters. The van der Waals surface area contributed by atoms with Crippen LogP contribution in [0.5, 0.6) is 0 Å². The van der Waals surface area contributed by atoms with Gasteiger partial charge < -0.3 is 4.74 Å². The molecule has 2 aromatic carbocycles. The van der Waals surface area contributed by atoms with Crippen molar-refractivity contribution in [3.8, 4) is 0 Å². The molecule has 3 rings (SSSR count). The minimum Gasteiger partial charge on any atom is -0.375 e. The molecule has 0 fully saturated rings. The highest BCUT2D eigenvalue weighted by atomic mass is 16.6. The van der Waals surface area contributed by atoms with E-state index in [4.69, 9.17) is 4.74 Å². The van der Waals surface area contributed by atoms with E-state index in [0.29, 0.717) is 13.2 Å². The molecule has 0 radical (unpaired) electrons. The van der Waals surface area contributed by atoms with Crippen molar-refractivity contribution in [3.63, 3.8) is 0 Å². The molecule has 5 heteroatoms. The predicted molar refractivity (Wildman–Crippen MR) is 120 cm³/mol. The highest BCUT2D eigenvalue weighted by molar-refractivity contribution is 5.69. The molecule has 1 aromatic heterocycles. The minimum absolute atomic E-state index is 0.0784. The lowest BCUT2D eigenvalue weighted by atomic mass is 10.1. The number of hydrogen-bond donors (Lipinski definition) is 0. The molecule has 0 bridgehead atoms. The number of benzene rings is 2. The van der Waals surface area contributed by atoms with E-state index in [1.165, 1.54) is 17.2 Å². The zero-order valence-electron chi connectivity index (χ0n) is 17.2. The van der Waals surface area contributed by atoms with Gasteiger partial charge in [0.25, 0.3) is 5.69 Å². The molecule has 3 aromatic rings. The zero-order chi connectivity index (χ0) is 21.2. The highest BCUT2D eigenvalue weighted by Gasteiger charge is 2.04. The third-order valence-electron chi connectivity index (χ3n) is 4.73. The molecule has 0 saturated heterocycles. The standard InChI is InChI=1S/C25H26N2O3/c1-20-11-13-21(14-12-20)6-2-3-17-30-19-24-9-5-8-23(26-24)16-15-22-7-4-10-25(18-22)27(28)29/h4-5,7-16,18H,2-3,6,17,19H2,1H3/b16-15-. The van der Waals surface area contributed by atoms with E-state index >= 15 is 0 Å². The van der Waals surface area contributed by atoms with Crippen LogP contribution in [0.25, 0.3) is 12.2 Å². The molecule has 0 spiro atoms. The van der Waals surface area contributed by atoms with Crippen molar-refractivity contribution in [3.05, 3.63) is 105 Å². The molecule has 1 heterocycles. The fourth-order valence-electron chi connectivity index (χ4n) is 3.06. The Morgan fingerprint density at radius 3 is 2.60 bits per heavy atom. The van der Waals surface area contributed by atoms with E-state index in [2.05, 4.69) is 36.2 Å². The van der Waals surface area contributed by atoms with Gasteiger partial charge in [-0.3, -0.25) is 15.1 Å². The van der Waals surface area contributed by atoms with Gasteiger partial charge in [-0.15, -0.1) is 0 Å². The van der Waals surface area contributed by atoms with E-state index in [0.717, 1.165) is 36.2 Å². The number of aryl methyl sites for hydroxylation is 2. The third-order valence-corrected chi connectivity index (χ3v) is 4.73. The fourth-order valence-corrected chi connectivity index (χ4v) is 3.06. The Labute approximate surface area is 177 Å². The summed E-state index contributed by atoms with van der Waals surface area (Å²) < 4.78 is 5.78. The largest absolute Gasteiger partial charge is 0.375 e. The SMILES string of the molecule is Cc1ccc(CCCCOCc2cccc(/C=C\c3cccc([N+](=O)[O-])c3)n2)cc1. The summed E-state index contributed by atoms with van der Waals surface area (Å²) in [6, 6.07) is 21.0. The maximum absolute atomic E-state index is 10.9. The summed E-state index contributed by atoms with van der Waals surface area (Å²) in [7, 11) is 0. The third kappa shape index (κ3) is 6.94. The Morgan fingerprint density at radius 1 is 1.00 bits per heavy atom. The van der Waals surface area contributed by atoms with Crippen LogP contribution in [0.15, 0.2) is 66.7 Å². The first-order valence-corrected chi connectivity index (χ1v) is 10.1. The lowest BCUT2D eigenvalue weighted by molar-refractivity contribution is -0.384. The molecule has 5 nitrogen and oxygen atoms in total. The number of rotatable bonds is 10. The number of ether oxygens (including phenoxy) is 1. The second-order valence-corrected chi connectivity index (χ2v) is 7.23. The maximum atomic E-state index is 10.9. The normalized spacial score (nSPS) is 11.1. The van der Waals surface area contributed by atoms with Crippen molar-refractivity contribution in [2.24, 2.45) is 0 Å². The van der Waals surface area contributed by atoms with Crippen LogP contribution in [0.3, 0.4) is 0 Å².